The first-order valence-electron chi connectivity index (χ1n) is 9.37. The maximum atomic E-state index is 12.4. The number of carbonyl (C=O) groups is 1. The van der Waals surface area contributed by atoms with Crippen LogP contribution in [0.25, 0.3) is 0 Å². The van der Waals surface area contributed by atoms with Crippen LogP contribution in [0.1, 0.15) is 30.7 Å². The fourth-order valence-electron chi connectivity index (χ4n) is 3.47. The Kier molecular flexibility index (Phi) is 5.10. The van der Waals surface area contributed by atoms with E-state index >= 15 is 0 Å². The van der Waals surface area contributed by atoms with E-state index in [0.29, 0.717) is 22.8 Å². The molecule has 0 saturated carbocycles. The Hall–Kier alpha value is -2.77. The predicted molar refractivity (Wildman–Crippen MR) is 109 cm³/mol. The van der Waals surface area contributed by atoms with Gasteiger partial charge in [0.2, 0.25) is 0 Å². The Morgan fingerprint density at radius 3 is 2.90 bits per heavy atom. The number of nitrogens with one attached hydrogen (secondary N) is 1. The average molecular weight is 413 g/mol. The molecule has 2 aromatic heterocycles. The van der Waals surface area contributed by atoms with E-state index in [1.54, 1.807) is 18.2 Å². The number of carbonyl (C=O) groups excluding carboxylic acids is 1. The number of aliphatic hydroxyl groups is 1. The number of para-hydroxylation sites is 1. The third-order valence-electron chi connectivity index (χ3n) is 4.88. The Morgan fingerprint density at radius 1 is 1.31 bits per heavy atom. The molecule has 3 aromatic rings. The molecule has 152 valence electrons. The van der Waals surface area contributed by atoms with Crippen LogP contribution in [0.5, 0.6) is 11.5 Å². The van der Waals surface area contributed by atoms with Crippen LogP contribution < -0.4 is 14.8 Å². The topological polar surface area (TPSA) is 80.9 Å². The van der Waals surface area contributed by atoms with Crippen LogP contribution in [0.15, 0.2) is 57.8 Å². The van der Waals surface area contributed by atoms with Crippen molar-refractivity contribution >= 4 is 17.2 Å². The molecule has 29 heavy (non-hydrogen) atoms. The second-order valence-corrected chi connectivity index (χ2v) is 8.48. The normalized spacial score (nSPS) is 16.5. The van der Waals surface area contributed by atoms with Crippen LogP contribution in [0.4, 0.5) is 0 Å². The van der Waals surface area contributed by atoms with Crippen molar-refractivity contribution in [3.05, 3.63) is 70.3 Å². The molecule has 0 aliphatic carbocycles. The van der Waals surface area contributed by atoms with E-state index in [-0.39, 0.29) is 24.7 Å². The fourth-order valence-corrected chi connectivity index (χ4v) is 4.19. The van der Waals surface area contributed by atoms with E-state index < -0.39 is 5.60 Å². The monoisotopic (exact) mass is 413 g/mol. The van der Waals surface area contributed by atoms with Crippen molar-refractivity contribution in [1.29, 1.82) is 0 Å². The summed E-state index contributed by atoms with van der Waals surface area (Å²) >= 11 is 1.46. The lowest BCUT2D eigenvalue weighted by Gasteiger charge is -2.25. The van der Waals surface area contributed by atoms with Crippen molar-refractivity contribution in [2.75, 3.05) is 13.2 Å². The van der Waals surface area contributed by atoms with E-state index in [1.807, 2.05) is 42.8 Å². The van der Waals surface area contributed by atoms with Gasteiger partial charge in [0.25, 0.3) is 5.91 Å². The molecule has 1 aliphatic heterocycles. The number of hydrogen-bond acceptors (Lipinski definition) is 6. The number of thiophene rings is 1. The van der Waals surface area contributed by atoms with Gasteiger partial charge in [0, 0.05) is 17.5 Å². The zero-order valence-corrected chi connectivity index (χ0v) is 17.1. The van der Waals surface area contributed by atoms with Gasteiger partial charge in [0.05, 0.1) is 12.8 Å². The van der Waals surface area contributed by atoms with Crippen molar-refractivity contribution in [3.8, 4) is 11.5 Å². The average Bonchev–Trinajstić information content (AvgIpc) is 3.44. The molecule has 1 aliphatic rings. The second-order valence-electron chi connectivity index (χ2n) is 7.70. The van der Waals surface area contributed by atoms with Gasteiger partial charge < -0.3 is 24.3 Å². The maximum absolute atomic E-state index is 12.4. The van der Waals surface area contributed by atoms with Gasteiger partial charge in [-0.15, -0.1) is 0 Å². The van der Waals surface area contributed by atoms with Crippen LogP contribution in [0.2, 0.25) is 0 Å². The number of benzene rings is 1. The quantitative estimate of drug-likeness (QED) is 0.620. The minimum Gasteiger partial charge on any atom is -0.483 e. The highest BCUT2D eigenvalue weighted by molar-refractivity contribution is 7.08. The molecular weight excluding hydrogens is 390 g/mol. The van der Waals surface area contributed by atoms with Gasteiger partial charge in [-0.05, 0) is 48.9 Å². The number of hydrogen-bond donors (Lipinski definition) is 2. The van der Waals surface area contributed by atoms with E-state index in [0.717, 1.165) is 12.0 Å². The number of amides is 1. The molecule has 0 bridgehead atoms. The van der Waals surface area contributed by atoms with E-state index in [2.05, 4.69) is 5.32 Å². The van der Waals surface area contributed by atoms with Crippen LogP contribution in [0.3, 0.4) is 0 Å². The third-order valence-corrected chi connectivity index (χ3v) is 5.57. The molecule has 1 amide bonds. The number of rotatable bonds is 7. The number of fused-ring (bicyclic) bond motifs is 1. The maximum Gasteiger partial charge on any atom is 0.258 e. The molecule has 1 aromatic carbocycles. The summed E-state index contributed by atoms with van der Waals surface area (Å²) in [4.78, 5) is 12.4. The van der Waals surface area contributed by atoms with Gasteiger partial charge in [-0.25, -0.2) is 0 Å². The van der Waals surface area contributed by atoms with Gasteiger partial charge >= 0.3 is 0 Å². The summed E-state index contributed by atoms with van der Waals surface area (Å²) in [5.74, 6) is 1.26. The van der Waals surface area contributed by atoms with Gasteiger partial charge in [-0.3, -0.25) is 4.79 Å². The minimum absolute atomic E-state index is 0.0319. The molecule has 4 rings (SSSR count). The van der Waals surface area contributed by atoms with E-state index in [1.165, 1.54) is 17.6 Å². The summed E-state index contributed by atoms with van der Waals surface area (Å²) in [6.07, 6.45) is 2.29. The molecule has 0 radical (unpaired) electrons. The largest absolute Gasteiger partial charge is 0.483 e. The van der Waals surface area contributed by atoms with Crippen molar-refractivity contribution in [3.63, 3.8) is 0 Å². The summed E-state index contributed by atoms with van der Waals surface area (Å²) < 4.78 is 17.1. The Labute approximate surface area is 173 Å². The summed E-state index contributed by atoms with van der Waals surface area (Å²) in [6.45, 7) is 3.82. The third kappa shape index (κ3) is 4.02. The first-order valence-corrected chi connectivity index (χ1v) is 10.3. The van der Waals surface area contributed by atoms with Crippen molar-refractivity contribution in [1.82, 2.24) is 5.32 Å². The van der Waals surface area contributed by atoms with Crippen molar-refractivity contribution in [2.24, 2.45) is 0 Å². The molecule has 3 heterocycles. The highest BCUT2D eigenvalue weighted by Gasteiger charge is 2.36. The Bertz CT molecular complexity index is 945. The van der Waals surface area contributed by atoms with Crippen LogP contribution in [-0.2, 0) is 16.8 Å². The summed E-state index contributed by atoms with van der Waals surface area (Å²) in [5, 5.41) is 17.6. The molecule has 0 fully saturated rings. The molecule has 1 atom stereocenters. The molecule has 7 heteroatoms. The summed E-state index contributed by atoms with van der Waals surface area (Å²) in [7, 11) is 0. The van der Waals surface area contributed by atoms with Crippen molar-refractivity contribution in [2.45, 2.75) is 31.5 Å². The SMILES string of the molecule is CC1(C)Cc2cccc(OCC(=O)NCC(O)(c3ccsc3)c3ccco3)c2O1. The van der Waals surface area contributed by atoms with E-state index in [9.17, 15) is 9.90 Å². The van der Waals surface area contributed by atoms with E-state index in [4.69, 9.17) is 13.9 Å². The summed E-state index contributed by atoms with van der Waals surface area (Å²) in [6, 6.07) is 10.9. The second kappa shape index (κ2) is 7.57. The zero-order chi connectivity index (χ0) is 20.5. The lowest BCUT2D eigenvalue weighted by Crippen LogP contribution is -2.42. The standard InChI is InChI=1S/C22H23NO5S/c1-21(2)11-15-5-3-6-17(20(15)28-21)27-12-19(24)23-14-22(25,16-8-10-29-13-16)18-7-4-9-26-18/h3-10,13,25H,11-12,14H2,1-2H3,(H,23,24). The molecule has 6 nitrogen and oxygen atoms in total. The predicted octanol–water partition coefficient (Wildman–Crippen LogP) is 3.49. The highest BCUT2D eigenvalue weighted by Crippen LogP contribution is 2.41. The van der Waals surface area contributed by atoms with Crippen LogP contribution >= 0.6 is 11.3 Å². The summed E-state index contributed by atoms with van der Waals surface area (Å²) in [5.41, 5.74) is -0.00235. The lowest BCUT2D eigenvalue weighted by atomic mass is 9.93. The molecular formula is C22H23NO5S. The first kappa shape index (κ1) is 19.5. The van der Waals surface area contributed by atoms with Gasteiger partial charge in [0.15, 0.2) is 23.7 Å². The molecule has 0 spiro atoms. The number of ether oxygens (including phenoxy) is 2. The Morgan fingerprint density at radius 2 is 2.17 bits per heavy atom. The van der Waals surface area contributed by atoms with Gasteiger partial charge in [-0.2, -0.15) is 11.3 Å². The number of furan rings is 1. The van der Waals surface area contributed by atoms with Gasteiger partial charge in [-0.1, -0.05) is 12.1 Å². The smallest absolute Gasteiger partial charge is 0.258 e. The van der Waals surface area contributed by atoms with Crippen LogP contribution in [-0.4, -0.2) is 29.8 Å². The van der Waals surface area contributed by atoms with Crippen LogP contribution in [0, 0.1) is 0 Å². The van der Waals surface area contributed by atoms with Gasteiger partial charge in [0.1, 0.15) is 11.4 Å². The zero-order valence-electron chi connectivity index (χ0n) is 16.3. The fraction of sp³-hybridized carbons (Fsp3) is 0.318. The van der Waals surface area contributed by atoms with Crippen molar-refractivity contribution < 1.29 is 23.8 Å². The molecule has 2 N–H and O–H groups in total. The molecule has 1 unspecified atom stereocenters. The first-order chi connectivity index (χ1) is 13.9. The highest BCUT2D eigenvalue weighted by atomic mass is 32.1. The molecule has 0 saturated heterocycles. The minimum atomic E-state index is -1.44. The Balaban J connectivity index is 1.40. The lowest BCUT2D eigenvalue weighted by molar-refractivity contribution is -0.124.